The maximum atomic E-state index is 9.20. The zero-order valence-electron chi connectivity index (χ0n) is 11.4. The fraction of sp³-hybridized carbons (Fsp3) is 0.429. The molecule has 6 heteroatoms. The Hall–Kier alpha value is -1.24. The highest BCUT2D eigenvalue weighted by Gasteiger charge is 2.12. The van der Waals surface area contributed by atoms with E-state index in [2.05, 4.69) is 37.0 Å². The molecule has 0 saturated carbocycles. The first-order valence-corrected chi connectivity index (χ1v) is 7.40. The Labute approximate surface area is 126 Å². The minimum Gasteiger partial charge on any atom is -0.395 e. The van der Waals surface area contributed by atoms with Gasteiger partial charge in [-0.05, 0) is 11.6 Å². The number of aromatic nitrogens is 2. The van der Waals surface area contributed by atoms with Crippen LogP contribution in [0, 0.1) is 0 Å². The van der Waals surface area contributed by atoms with Crippen LogP contribution >= 0.6 is 15.9 Å². The summed E-state index contributed by atoms with van der Waals surface area (Å²) in [6.45, 7) is 3.92. The molecule has 0 unspecified atom stereocenters. The molecule has 2 aromatic rings. The summed E-state index contributed by atoms with van der Waals surface area (Å²) in [4.78, 5) is 6.39. The minimum atomic E-state index is 0.100. The molecule has 2 rings (SSSR count). The largest absolute Gasteiger partial charge is 0.395 e. The Morgan fingerprint density at radius 3 is 2.75 bits per heavy atom. The average molecular weight is 340 g/mol. The smallest absolute Gasteiger partial charge is 0.226 e. The van der Waals surface area contributed by atoms with Crippen LogP contribution in [-0.2, 0) is 19.5 Å². The van der Waals surface area contributed by atoms with E-state index in [4.69, 9.17) is 4.52 Å². The zero-order valence-corrected chi connectivity index (χ0v) is 13.0. The molecule has 0 bridgehead atoms. The molecular weight excluding hydrogens is 322 g/mol. The maximum absolute atomic E-state index is 9.20. The van der Waals surface area contributed by atoms with Gasteiger partial charge < -0.3 is 9.63 Å². The summed E-state index contributed by atoms with van der Waals surface area (Å²) in [5, 5.41) is 13.1. The van der Waals surface area contributed by atoms with Crippen molar-refractivity contribution in [2.45, 2.75) is 26.4 Å². The van der Waals surface area contributed by atoms with Gasteiger partial charge >= 0.3 is 0 Å². The zero-order chi connectivity index (χ0) is 14.4. The highest BCUT2D eigenvalue weighted by atomic mass is 79.9. The van der Waals surface area contributed by atoms with Crippen molar-refractivity contribution in [3.8, 4) is 0 Å². The van der Waals surface area contributed by atoms with Gasteiger partial charge in [-0.1, -0.05) is 46.2 Å². The maximum Gasteiger partial charge on any atom is 0.226 e. The van der Waals surface area contributed by atoms with Gasteiger partial charge in [0.25, 0.3) is 0 Å². The predicted molar refractivity (Wildman–Crippen MR) is 79.0 cm³/mol. The molecule has 0 atom stereocenters. The molecule has 1 heterocycles. The second-order valence-corrected chi connectivity index (χ2v) is 5.34. The summed E-state index contributed by atoms with van der Waals surface area (Å²) in [7, 11) is 0. The number of benzene rings is 1. The first kappa shape index (κ1) is 15.2. The van der Waals surface area contributed by atoms with Crippen LogP contribution in [0.25, 0.3) is 0 Å². The van der Waals surface area contributed by atoms with Gasteiger partial charge in [-0.25, -0.2) is 0 Å². The van der Waals surface area contributed by atoms with Crippen molar-refractivity contribution < 1.29 is 9.63 Å². The Morgan fingerprint density at radius 1 is 1.30 bits per heavy atom. The van der Waals surface area contributed by atoms with Gasteiger partial charge in [-0.2, -0.15) is 4.98 Å². The number of aryl methyl sites for hydroxylation is 1. The van der Waals surface area contributed by atoms with Crippen LogP contribution in [0.5, 0.6) is 0 Å². The lowest BCUT2D eigenvalue weighted by molar-refractivity contribution is 0.179. The third kappa shape index (κ3) is 4.13. The minimum absolute atomic E-state index is 0.100. The molecule has 108 valence electrons. The summed E-state index contributed by atoms with van der Waals surface area (Å²) in [6.07, 6.45) is 0.733. The Bertz CT molecular complexity index is 545. The molecule has 5 nitrogen and oxygen atoms in total. The monoisotopic (exact) mass is 339 g/mol. The van der Waals surface area contributed by atoms with E-state index in [9.17, 15) is 5.11 Å². The lowest BCUT2D eigenvalue weighted by Gasteiger charge is -2.20. The average Bonchev–Trinajstić information content (AvgIpc) is 2.89. The fourth-order valence-corrected chi connectivity index (χ4v) is 2.33. The lowest BCUT2D eigenvalue weighted by atomic mass is 10.2. The van der Waals surface area contributed by atoms with E-state index < -0.39 is 0 Å². The second-order valence-electron chi connectivity index (χ2n) is 4.48. The second kappa shape index (κ2) is 7.52. The molecule has 0 aliphatic heterocycles. The van der Waals surface area contributed by atoms with E-state index in [1.807, 2.05) is 25.1 Å². The van der Waals surface area contributed by atoms with Crippen LogP contribution in [0.4, 0.5) is 0 Å². The van der Waals surface area contributed by atoms with Gasteiger partial charge in [0.1, 0.15) is 0 Å². The summed E-state index contributed by atoms with van der Waals surface area (Å²) in [5.74, 6) is 1.30. The topological polar surface area (TPSA) is 62.4 Å². The van der Waals surface area contributed by atoms with Crippen molar-refractivity contribution in [2.75, 3.05) is 13.2 Å². The van der Waals surface area contributed by atoms with Crippen molar-refractivity contribution in [3.63, 3.8) is 0 Å². The van der Waals surface area contributed by atoms with E-state index in [1.165, 1.54) is 5.56 Å². The molecule has 1 N–H and O–H groups in total. The van der Waals surface area contributed by atoms with Crippen LogP contribution in [0.1, 0.15) is 24.2 Å². The van der Waals surface area contributed by atoms with Crippen molar-refractivity contribution in [3.05, 3.63) is 46.0 Å². The normalized spacial score (nSPS) is 11.2. The van der Waals surface area contributed by atoms with E-state index >= 15 is 0 Å². The van der Waals surface area contributed by atoms with Crippen molar-refractivity contribution in [2.24, 2.45) is 0 Å². The third-order valence-corrected chi connectivity index (χ3v) is 3.72. The van der Waals surface area contributed by atoms with Crippen molar-refractivity contribution in [1.82, 2.24) is 15.0 Å². The fourth-order valence-electron chi connectivity index (χ4n) is 1.92. The van der Waals surface area contributed by atoms with E-state index in [0.29, 0.717) is 24.8 Å². The molecule has 1 aromatic heterocycles. The summed E-state index contributed by atoms with van der Waals surface area (Å²) in [6, 6.07) is 8.05. The number of aliphatic hydroxyl groups is 1. The number of hydrogen-bond donors (Lipinski definition) is 1. The Morgan fingerprint density at radius 2 is 2.10 bits per heavy atom. The third-order valence-electron chi connectivity index (χ3n) is 2.95. The molecule has 20 heavy (non-hydrogen) atoms. The van der Waals surface area contributed by atoms with Gasteiger partial charge in [0, 0.05) is 24.0 Å². The van der Waals surface area contributed by atoms with Crippen LogP contribution in [0.2, 0.25) is 0 Å². The van der Waals surface area contributed by atoms with Gasteiger partial charge in [-0.3, -0.25) is 4.90 Å². The van der Waals surface area contributed by atoms with Crippen LogP contribution in [0.3, 0.4) is 0 Å². The number of halogens is 1. The van der Waals surface area contributed by atoms with Crippen LogP contribution in [-0.4, -0.2) is 33.3 Å². The SMILES string of the molecule is CCc1nc(CN(CCO)Cc2ccccc2Br)no1. The predicted octanol–water partition coefficient (Wildman–Crippen LogP) is 2.39. The van der Waals surface area contributed by atoms with E-state index in [-0.39, 0.29) is 6.61 Å². The standard InChI is InChI=1S/C14H18BrN3O2/c1-2-14-16-13(17-20-14)10-18(7-8-19)9-11-5-3-4-6-12(11)15/h3-6,19H,2,7-10H2,1H3. The van der Waals surface area contributed by atoms with Crippen molar-refractivity contribution >= 4 is 15.9 Å². The van der Waals surface area contributed by atoms with E-state index in [1.54, 1.807) is 0 Å². The number of hydrogen-bond acceptors (Lipinski definition) is 5. The molecular formula is C14H18BrN3O2. The molecule has 0 fully saturated rings. The number of aliphatic hydroxyl groups excluding tert-OH is 1. The molecule has 0 aliphatic rings. The molecule has 0 amide bonds. The number of rotatable bonds is 7. The quantitative estimate of drug-likeness (QED) is 0.839. The summed E-state index contributed by atoms with van der Waals surface area (Å²) in [5.41, 5.74) is 1.17. The summed E-state index contributed by atoms with van der Waals surface area (Å²) < 4.78 is 6.17. The van der Waals surface area contributed by atoms with Crippen LogP contribution < -0.4 is 0 Å². The van der Waals surface area contributed by atoms with Gasteiger partial charge in [0.2, 0.25) is 5.89 Å². The molecule has 0 saturated heterocycles. The lowest BCUT2D eigenvalue weighted by Crippen LogP contribution is -2.26. The molecule has 1 aromatic carbocycles. The van der Waals surface area contributed by atoms with Crippen LogP contribution in [0.15, 0.2) is 33.3 Å². The molecule has 0 aliphatic carbocycles. The Kier molecular flexibility index (Phi) is 5.70. The van der Waals surface area contributed by atoms with Gasteiger partial charge in [0.15, 0.2) is 5.82 Å². The van der Waals surface area contributed by atoms with Crippen molar-refractivity contribution in [1.29, 1.82) is 0 Å². The first-order valence-electron chi connectivity index (χ1n) is 6.61. The Balaban J connectivity index is 2.05. The van der Waals surface area contributed by atoms with Gasteiger partial charge in [0.05, 0.1) is 13.2 Å². The number of nitrogens with zero attached hydrogens (tertiary/aromatic N) is 3. The summed E-state index contributed by atoms with van der Waals surface area (Å²) >= 11 is 3.54. The van der Waals surface area contributed by atoms with Gasteiger partial charge in [-0.15, -0.1) is 0 Å². The molecule has 0 spiro atoms. The first-order chi connectivity index (χ1) is 9.72. The van der Waals surface area contributed by atoms with E-state index in [0.717, 1.165) is 17.4 Å². The highest BCUT2D eigenvalue weighted by molar-refractivity contribution is 9.10. The highest BCUT2D eigenvalue weighted by Crippen LogP contribution is 2.18. The molecule has 0 radical (unpaired) electrons.